The van der Waals surface area contributed by atoms with Crippen LogP contribution in [-0.2, 0) is 0 Å². The number of carbonyl (C=O) groups excluding carboxylic acids is 1. The van der Waals surface area contributed by atoms with Crippen LogP contribution < -0.4 is 14.8 Å². The molecule has 0 bridgehead atoms. The number of hydrogen-bond donors (Lipinski definition) is 1. The van der Waals surface area contributed by atoms with Gasteiger partial charge in [0.05, 0.1) is 16.8 Å². The molecule has 1 saturated carbocycles. The third-order valence-electron chi connectivity index (χ3n) is 6.24. The molecule has 2 aromatic heterocycles. The minimum atomic E-state index is -0.220. The molecule has 1 amide bonds. The Morgan fingerprint density at radius 2 is 1.82 bits per heavy atom. The highest BCUT2D eigenvalue weighted by Gasteiger charge is 2.22. The molecule has 33 heavy (non-hydrogen) atoms. The van der Waals surface area contributed by atoms with Crippen LogP contribution in [0.4, 0.5) is 5.13 Å². The maximum Gasteiger partial charge on any atom is 0.258 e. The van der Waals surface area contributed by atoms with E-state index >= 15 is 0 Å². The summed E-state index contributed by atoms with van der Waals surface area (Å²) in [6.45, 7) is 0.211. The molecule has 166 valence electrons. The van der Waals surface area contributed by atoms with Crippen LogP contribution in [0.25, 0.3) is 22.2 Å². The van der Waals surface area contributed by atoms with Gasteiger partial charge in [0.25, 0.3) is 5.91 Å². The highest BCUT2D eigenvalue weighted by molar-refractivity contribution is 7.15. The van der Waals surface area contributed by atoms with Gasteiger partial charge in [-0.2, -0.15) is 0 Å². The Morgan fingerprint density at radius 1 is 0.970 bits per heavy atom. The van der Waals surface area contributed by atoms with Crippen molar-refractivity contribution in [3.05, 3.63) is 59.1 Å². The molecule has 0 radical (unpaired) electrons. The number of hydrogen-bond acceptors (Lipinski definition) is 7. The van der Waals surface area contributed by atoms with Crippen molar-refractivity contribution < 1.29 is 14.3 Å². The van der Waals surface area contributed by atoms with E-state index in [0.717, 1.165) is 34.3 Å². The van der Waals surface area contributed by atoms with Gasteiger partial charge in [-0.05, 0) is 43.2 Å². The first-order valence-electron chi connectivity index (χ1n) is 11.2. The average molecular weight is 459 g/mol. The second-order valence-electron chi connectivity index (χ2n) is 8.37. The van der Waals surface area contributed by atoms with Crippen LogP contribution >= 0.6 is 11.3 Å². The van der Waals surface area contributed by atoms with Gasteiger partial charge >= 0.3 is 0 Å². The number of nitrogens with zero attached hydrogens (tertiary/aromatic N) is 3. The maximum atomic E-state index is 13.3. The number of anilines is 1. The molecular formula is C25H22N4O3S. The van der Waals surface area contributed by atoms with Crippen molar-refractivity contribution in [2.75, 3.05) is 12.1 Å². The lowest BCUT2D eigenvalue weighted by Gasteiger charge is -2.18. The Morgan fingerprint density at radius 3 is 2.73 bits per heavy atom. The fourth-order valence-corrected chi connectivity index (χ4v) is 5.44. The van der Waals surface area contributed by atoms with Gasteiger partial charge in [-0.25, -0.2) is 4.98 Å². The summed E-state index contributed by atoms with van der Waals surface area (Å²) in [4.78, 5) is 18.1. The van der Waals surface area contributed by atoms with Crippen LogP contribution in [-0.4, -0.2) is 27.9 Å². The fourth-order valence-electron chi connectivity index (χ4n) is 4.53. The first-order valence-corrected chi connectivity index (χ1v) is 12.0. The van der Waals surface area contributed by atoms with Crippen LogP contribution in [0.1, 0.15) is 53.4 Å². The third kappa shape index (κ3) is 3.91. The number of fused-ring (bicyclic) bond motifs is 2. The SMILES string of the molecule is O=C(Nc1nnc(C2CCCCC2)s1)c1cc(-c2ccc3c(c2)OCO3)nc2ccccc12. The molecule has 1 fully saturated rings. The van der Waals surface area contributed by atoms with Gasteiger partial charge in [0.15, 0.2) is 11.5 Å². The van der Waals surface area contributed by atoms with Gasteiger partial charge < -0.3 is 9.47 Å². The van der Waals surface area contributed by atoms with Crippen LogP contribution in [0.15, 0.2) is 48.5 Å². The summed E-state index contributed by atoms with van der Waals surface area (Å²) in [7, 11) is 0. The Bertz CT molecular complexity index is 1350. The fraction of sp³-hybridized carbons (Fsp3) is 0.280. The lowest BCUT2D eigenvalue weighted by atomic mass is 9.90. The molecular weight excluding hydrogens is 436 g/mol. The smallest absolute Gasteiger partial charge is 0.258 e. The van der Waals surface area contributed by atoms with E-state index in [1.165, 1.54) is 30.6 Å². The van der Waals surface area contributed by atoms with Crippen LogP contribution in [0.5, 0.6) is 11.5 Å². The zero-order chi connectivity index (χ0) is 22.2. The molecule has 0 saturated heterocycles. The lowest BCUT2D eigenvalue weighted by Crippen LogP contribution is -2.13. The molecule has 0 unspecified atom stereocenters. The Kier molecular flexibility index (Phi) is 5.14. The van der Waals surface area contributed by atoms with Crippen LogP contribution in [0.3, 0.4) is 0 Å². The van der Waals surface area contributed by atoms with Gasteiger partial charge in [0.2, 0.25) is 11.9 Å². The van der Waals surface area contributed by atoms with E-state index in [-0.39, 0.29) is 12.7 Å². The molecule has 2 aliphatic rings. The number of amides is 1. The Labute approximate surface area is 194 Å². The van der Waals surface area contributed by atoms with Crippen molar-refractivity contribution in [3.8, 4) is 22.8 Å². The van der Waals surface area contributed by atoms with Crippen LogP contribution in [0.2, 0.25) is 0 Å². The molecule has 6 rings (SSSR count). The summed E-state index contributed by atoms with van der Waals surface area (Å²) in [5, 5.41) is 13.9. The first-order chi connectivity index (χ1) is 16.2. The van der Waals surface area contributed by atoms with E-state index in [1.807, 2.05) is 48.5 Å². The van der Waals surface area contributed by atoms with Crippen molar-refractivity contribution in [3.63, 3.8) is 0 Å². The quantitative estimate of drug-likeness (QED) is 0.417. The lowest BCUT2D eigenvalue weighted by molar-refractivity contribution is 0.102. The predicted molar refractivity (Wildman–Crippen MR) is 127 cm³/mol. The van der Waals surface area contributed by atoms with Crippen LogP contribution in [0, 0.1) is 0 Å². The summed E-state index contributed by atoms with van der Waals surface area (Å²) in [6.07, 6.45) is 6.06. The minimum Gasteiger partial charge on any atom is -0.454 e. The molecule has 3 heterocycles. The van der Waals surface area contributed by atoms with Gasteiger partial charge in [-0.3, -0.25) is 10.1 Å². The zero-order valence-electron chi connectivity index (χ0n) is 17.9. The van der Waals surface area contributed by atoms with Gasteiger partial charge in [0.1, 0.15) is 5.01 Å². The van der Waals surface area contributed by atoms with Crippen molar-refractivity contribution in [2.45, 2.75) is 38.0 Å². The van der Waals surface area contributed by atoms with E-state index in [2.05, 4.69) is 15.5 Å². The van der Waals surface area contributed by atoms with Crippen molar-refractivity contribution in [1.82, 2.24) is 15.2 Å². The second kappa shape index (κ2) is 8.44. The van der Waals surface area contributed by atoms with Crippen molar-refractivity contribution in [1.29, 1.82) is 0 Å². The summed E-state index contributed by atoms with van der Waals surface area (Å²) < 4.78 is 10.9. The first kappa shape index (κ1) is 20.1. The molecule has 1 aliphatic carbocycles. The average Bonchev–Trinajstić information content (AvgIpc) is 3.53. The number of nitrogens with one attached hydrogen (secondary N) is 1. The molecule has 2 aromatic carbocycles. The highest BCUT2D eigenvalue weighted by atomic mass is 32.1. The normalized spacial score (nSPS) is 15.6. The van der Waals surface area contributed by atoms with E-state index in [1.54, 1.807) is 0 Å². The molecule has 0 spiro atoms. The van der Waals surface area contributed by atoms with Gasteiger partial charge in [-0.1, -0.05) is 48.8 Å². The zero-order valence-corrected chi connectivity index (χ0v) is 18.7. The topological polar surface area (TPSA) is 86.2 Å². The standard InChI is InChI=1S/C25H22N4O3S/c30-23(27-25-29-28-24(33-25)15-6-2-1-3-7-15)18-13-20(26-19-9-5-4-8-17(18)19)16-10-11-21-22(12-16)32-14-31-21/h4-5,8-13,15H,1-3,6-7,14H2,(H,27,29,30). The minimum absolute atomic E-state index is 0.211. The largest absolute Gasteiger partial charge is 0.454 e. The Balaban J connectivity index is 1.33. The highest BCUT2D eigenvalue weighted by Crippen LogP contribution is 2.37. The number of ether oxygens (including phenoxy) is 2. The maximum absolute atomic E-state index is 13.3. The molecule has 0 atom stereocenters. The molecule has 7 nitrogen and oxygen atoms in total. The van der Waals surface area contributed by atoms with E-state index < -0.39 is 0 Å². The summed E-state index contributed by atoms with van der Waals surface area (Å²) in [6, 6.07) is 15.1. The van der Waals surface area contributed by atoms with Crippen molar-refractivity contribution >= 4 is 33.3 Å². The van der Waals surface area contributed by atoms with Gasteiger partial charge in [-0.15, -0.1) is 10.2 Å². The van der Waals surface area contributed by atoms with Crippen molar-refractivity contribution in [2.24, 2.45) is 0 Å². The van der Waals surface area contributed by atoms with Gasteiger partial charge in [0, 0.05) is 16.9 Å². The number of benzene rings is 2. The predicted octanol–water partition coefficient (Wildman–Crippen LogP) is 5.78. The summed E-state index contributed by atoms with van der Waals surface area (Å²) in [5.41, 5.74) is 2.84. The second-order valence-corrected chi connectivity index (χ2v) is 9.38. The Hall–Kier alpha value is -3.52. The molecule has 1 N–H and O–H groups in total. The number of aromatic nitrogens is 3. The summed E-state index contributed by atoms with van der Waals surface area (Å²) in [5.74, 6) is 1.63. The third-order valence-corrected chi connectivity index (χ3v) is 7.25. The van der Waals surface area contributed by atoms with E-state index in [4.69, 9.17) is 14.5 Å². The summed E-state index contributed by atoms with van der Waals surface area (Å²) >= 11 is 1.48. The van der Waals surface area contributed by atoms with E-state index in [0.29, 0.717) is 33.8 Å². The number of carbonyl (C=O) groups is 1. The number of rotatable bonds is 4. The number of para-hydroxylation sites is 1. The number of pyridine rings is 1. The molecule has 8 heteroatoms. The molecule has 4 aromatic rings. The van der Waals surface area contributed by atoms with E-state index in [9.17, 15) is 4.79 Å². The molecule has 1 aliphatic heterocycles. The monoisotopic (exact) mass is 458 g/mol.